The molecule has 1 saturated heterocycles. The fraction of sp³-hybridized carbons (Fsp3) is 0.778. The minimum absolute atomic E-state index is 0.0600. The maximum Gasteiger partial charge on any atom is 0.326 e. The van der Waals surface area contributed by atoms with Crippen molar-refractivity contribution in [3.63, 3.8) is 0 Å². The molecule has 15 N–H and O–H groups in total. The SMILES string of the molecule is CSCC[C@H](NC(=O)[C@@H](NC(=O)[C@@H](N)CC(C)C)C(C)C)C(=O)N[C@@H](C)C(=O)N1CCC[C@H]1C(=O)N[C@@H](CCCN=C(N)N)C(=O)N[C@H](C(=O)N[C@H](C(=O)N[C@@H](CC(C)C)C(=O)O)C(C)C)[C@@H](C)O. The minimum Gasteiger partial charge on any atom is -0.480 e. The average molecular weight is 999 g/mol. The lowest BCUT2D eigenvalue weighted by atomic mass is 9.99. The van der Waals surface area contributed by atoms with Crippen LogP contribution < -0.4 is 54.4 Å². The zero-order valence-electron chi connectivity index (χ0n) is 42.3. The molecule has 1 aliphatic heterocycles. The van der Waals surface area contributed by atoms with E-state index < -0.39 is 120 Å². The van der Waals surface area contributed by atoms with E-state index in [1.165, 1.54) is 30.5 Å². The smallest absolute Gasteiger partial charge is 0.326 e. The first-order chi connectivity index (χ1) is 32.1. The van der Waals surface area contributed by atoms with Crippen molar-refractivity contribution in [2.24, 2.45) is 45.9 Å². The number of hydrogen-bond donors (Lipinski definition) is 12. The normalized spacial score (nSPS) is 17.6. The zero-order valence-corrected chi connectivity index (χ0v) is 43.1. The van der Waals surface area contributed by atoms with Crippen molar-refractivity contribution in [1.82, 2.24) is 42.1 Å². The molecule has 0 saturated carbocycles. The van der Waals surface area contributed by atoms with Gasteiger partial charge in [0.15, 0.2) is 5.96 Å². The first-order valence-corrected chi connectivity index (χ1v) is 25.2. The van der Waals surface area contributed by atoms with Crippen LogP contribution in [0.5, 0.6) is 0 Å². The van der Waals surface area contributed by atoms with Crippen LogP contribution in [0.25, 0.3) is 0 Å². The van der Waals surface area contributed by atoms with Crippen molar-refractivity contribution in [2.75, 3.05) is 25.1 Å². The van der Waals surface area contributed by atoms with Gasteiger partial charge in [0, 0.05) is 13.1 Å². The number of carbonyl (C=O) groups excluding carboxylic acids is 8. The molecule has 1 rings (SSSR count). The summed E-state index contributed by atoms with van der Waals surface area (Å²) in [6, 6.07) is -10.6. The molecule has 0 aromatic rings. The van der Waals surface area contributed by atoms with Crippen molar-refractivity contribution in [1.29, 1.82) is 0 Å². The number of nitrogens with one attached hydrogen (secondary N) is 7. The van der Waals surface area contributed by atoms with Gasteiger partial charge in [-0.2, -0.15) is 11.8 Å². The molecule has 10 atom stereocenters. The van der Waals surface area contributed by atoms with Crippen LogP contribution in [0, 0.1) is 23.7 Å². The van der Waals surface area contributed by atoms with E-state index in [-0.39, 0.29) is 68.9 Å². The van der Waals surface area contributed by atoms with Crippen LogP contribution in [-0.2, 0) is 43.2 Å². The second-order valence-corrected chi connectivity index (χ2v) is 20.2. The largest absolute Gasteiger partial charge is 0.480 e. The van der Waals surface area contributed by atoms with E-state index in [0.29, 0.717) is 18.6 Å². The van der Waals surface area contributed by atoms with Crippen molar-refractivity contribution >= 4 is 70.9 Å². The van der Waals surface area contributed by atoms with Gasteiger partial charge in [0.05, 0.1) is 12.1 Å². The van der Waals surface area contributed by atoms with Crippen LogP contribution >= 0.6 is 11.8 Å². The van der Waals surface area contributed by atoms with Crippen LogP contribution in [0.4, 0.5) is 0 Å². The molecule has 0 aromatic carbocycles. The molecule has 23 nitrogen and oxygen atoms in total. The number of nitrogens with zero attached hydrogens (tertiary/aromatic N) is 2. The number of aliphatic carboxylic acids is 1. The Balaban J connectivity index is 3.28. The summed E-state index contributed by atoms with van der Waals surface area (Å²) >= 11 is 1.44. The molecule has 0 radical (unpaired) electrons. The van der Waals surface area contributed by atoms with E-state index in [1.54, 1.807) is 41.5 Å². The standard InChI is InChI=1S/C45H82N12O11S/c1-22(2)20-28(46)36(59)54-33(24(5)6)40(63)52-30(16-19-69-11)37(60)50-26(9)43(66)57-18-13-15-32(57)39(62)51-29(14-12-17-49-45(47)48)38(61)56-35(27(10)58)42(65)55-34(25(7)8)41(64)53-31(44(67)68)21-23(3)4/h22-35,58H,12-21,46H2,1-11H3,(H,50,60)(H,51,62)(H,52,63)(H,53,64)(H,54,59)(H,55,65)(H,56,61)(H,67,68)(H4,47,48,49)/t26-,27+,28-,29-,30-,31-,32-,33-,34-,35-/m0/s1. The van der Waals surface area contributed by atoms with E-state index in [0.717, 1.165) is 0 Å². The average Bonchev–Trinajstić information content (AvgIpc) is 3.74. The molecule has 0 aliphatic carbocycles. The number of likely N-dealkylation sites (tertiary alicyclic amines) is 1. The second kappa shape index (κ2) is 30.4. The Hall–Kier alpha value is -5.23. The van der Waals surface area contributed by atoms with Crippen molar-refractivity contribution in [3.05, 3.63) is 0 Å². The summed E-state index contributed by atoms with van der Waals surface area (Å²) in [6.45, 7) is 17.0. The van der Waals surface area contributed by atoms with Gasteiger partial charge in [-0.1, -0.05) is 55.4 Å². The Labute approximate surface area is 410 Å². The maximum absolute atomic E-state index is 14.0. The number of aliphatic hydroxyl groups is 1. The first-order valence-electron chi connectivity index (χ1n) is 23.8. The minimum atomic E-state index is -1.64. The van der Waals surface area contributed by atoms with Gasteiger partial charge in [0.1, 0.15) is 48.3 Å². The number of carboxylic acid groups (broad SMARTS) is 1. The Morgan fingerprint density at radius 2 is 1.14 bits per heavy atom. The number of rotatable bonds is 30. The van der Waals surface area contributed by atoms with E-state index >= 15 is 0 Å². The lowest BCUT2D eigenvalue weighted by Gasteiger charge is -2.31. The summed E-state index contributed by atoms with van der Waals surface area (Å²) in [5.41, 5.74) is 17.0. The van der Waals surface area contributed by atoms with E-state index in [4.69, 9.17) is 17.2 Å². The topological polar surface area (TPSA) is 372 Å². The van der Waals surface area contributed by atoms with E-state index in [9.17, 15) is 53.4 Å². The quantitative estimate of drug-likeness (QED) is 0.0219. The Bertz CT molecular complexity index is 1780. The molecule has 24 heteroatoms. The van der Waals surface area contributed by atoms with Gasteiger partial charge >= 0.3 is 5.97 Å². The maximum atomic E-state index is 14.0. The van der Waals surface area contributed by atoms with Crippen LogP contribution in [0.15, 0.2) is 4.99 Å². The molecule has 394 valence electrons. The predicted molar refractivity (Wildman–Crippen MR) is 263 cm³/mol. The van der Waals surface area contributed by atoms with Crippen molar-refractivity contribution in [2.45, 2.75) is 175 Å². The van der Waals surface area contributed by atoms with Crippen LogP contribution in [0.3, 0.4) is 0 Å². The number of carboxylic acids is 1. The first kappa shape index (κ1) is 61.8. The van der Waals surface area contributed by atoms with Gasteiger partial charge in [-0.25, -0.2) is 4.79 Å². The summed E-state index contributed by atoms with van der Waals surface area (Å²) < 4.78 is 0. The molecule has 0 aromatic heterocycles. The molecule has 1 aliphatic rings. The van der Waals surface area contributed by atoms with Gasteiger partial charge in [-0.3, -0.25) is 43.3 Å². The number of amides is 8. The molecule has 69 heavy (non-hydrogen) atoms. The summed E-state index contributed by atoms with van der Waals surface area (Å²) in [5.74, 6) is -7.53. The number of aliphatic hydroxyl groups excluding tert-OH is 1. The third kappa shape index (κ3) is 21.5. The van der Waals surface area contributed by atoms with Crippen molar-refractivity contribution in [3.8, 4) is 0 Å². The molecule has 1 fully saturated rings. The Morgan fingerprint density at radius 1 is 0.652 bits per heavy atom. The molecule has 0 spiro atoms. The third-order valence-corrected chi connectivity index (χ3v) is 12.0. The Kier molecular flexibility index (Phi) is 27.2. The van der Waals surface area contributed by atoms with Crippen LogP contribution in [0.2, 0.25) is 0 Å². The number of aliphatic imine (C=N–C) groups is 1. The monoisotopic (exact) mass is 999 g/mol. The fourth-order valence-corrected chi connectivity index (χ4v) is 8.01. The number of thioether (sulfide) groups is 1. The van der Waals surface area contributed by atoms with Gasteiger partial charge in [-0.15, -0.1) is 0 Å². The van der Waals surface area contributed by atoms with Crippen LogP contribution in [0.1, 0.15) is 114 Å². The number of carbonyl (C=O) groups is 9. The highest BCUT2D eigenvalue weighted by Gasteiger charge is 2.40. The third-order valence-electron chi connectivity index (χ3n) is 11.3. The van der Waals surface area contributed by atoms with E-state index in [2.05, 4.69) is 42.2 Å². The lowest BCUT2D eigenvalue weighted by Crippen LogP contribution is -2.62. The Morgan fingerprint density at radius 3 is 1.64 bits per heavy atom. The highest BCUT2D eigenvalue weighted by molar-refractivity contribution is 7.98. The second-order valence-electron chi connectivity index (χ2n) is 19.2. The van der Waals surface area contributed by atoms with Gasteiger partial charge in [0.25, 0.3) is 0 Å². The predicted octanol–water partition coefficient (Wildman–Crippen LogP) is -1.61. The number of guanidine groups is 1. The number of nitrogens with two attached hydrogens (primary N) is 3. The summed E-state index contributed by atoms with van der Waals surface area (Å²) in [4.78, 5) is 126. The fourth-order valence-electron chi connectivity index (χ4n) is 7.54. The van der Waals surface area contributed by atoms with Gasteiger partial charge in [-0.05, 0) is 94.5 Å². The van der Waals surface area contributed by atoms with E-state index in [1.807, 2.05) is 20.1 Å². The van der Waals surface area contributed by atoms with Gasteiger partial charge in [0.2, 0.25) is 47.3 Å². The molecular weight excluding hydrogens is 917 g/mol. The zero-order chi connectivity index (χ0) is 52.9. The highest BCUT2D eigenvalue weighted by atomic mass is 32.2. The summed E-state index contributed by atoms with van der Waals surface area (Å²) in [7, 11) is 0. The van der Waals surface area contributed by atoms with Crippen molar-refractivity contribution < 1.29 is 53.4 Å². The number of hydrogen-bond acceptors (Lipinski definition) is 13. The molecule has 0 unspecified atom stereocenters. The molecule has 1 heterocycles. The molecular formula is C45H82N12O11S. The summed E-state index contributed by atoms with van der Waals surface area (Å²) in [6.07, 6.45) is 1.76. The van der Waals surface area contributed by atoms with Crippen LogP contribution in [-0.4, -0.2) is 160 Å². The summed E-state index contributed by atoms with van der Waals surface area (Å²) in [5, 5.41) is 38.6. The molecule has 0 bridgehead atoms. The highest BCUT2D eigenvalue weighted by Crippen LogP contribution is 2.20. The van der Waals surface area contributed by atoms with Gasteiger partial charge < -0.3 is 69.5 Å². The molecule has 8 amide bonds. The lowest BCUT2D eigenvalue weighted by molar-refractivity contribution is -0.143.